The molecule has 0 fully saturated rings. The molecule has 4 heteroatoms. The van der Waals surface area contributed by atoms with Crippen LogP contribution in [0.4, 0.5) is 10.1 Å². The molecule has 0 aliphatic heterocycles. The van der Waals surface area contributed by atoms with Crippen LogP contribution in [-0.2, 0) is 0 Å². The second-order valence-corrected chi connectivity index (χ2v) is 4.15. The van der Waals surface area contributed by atoms with Gasteiger partial charge in [-0.2, -0.15) is 0 Å². The Labute approximate surface area is 111 Å². The van der Waals surface area contributed by atoms with E-state index in [4.69, 9.17) is 10.5 Å². The number of anilines is 1. The van der Waals surface area contributed by atoms with Gasteiger partial charge in [-0.3, -0.25) is 0 Å². The Kier molecular flexibility index (Phi) is 4.02. The van der Waals surface area contributed by atoms with Gasteiger partial charge in [-0.1, -0.05) is 18.2 Å². The number of aliphatic hydroxyl groups excluding tert-OH is 1. The summed E-state index contributed by atoms with van der Waals surface area (Å²) in [6.45, 7) is 2.35. The SMILES string of the molecule is CCOc1ccccc1C(O)c1cc(F)ccc1N. The summed E-state index contributed by atoms with van der Waals surface area (Å²) in [5, 5.41) is 10.4. The smallest absolute Gasteiger partial charge is 0.125 e. The second kappa shape index (κ2) is 5.71. The molecule has 0 spiro atoms. The minimum absolute atomic E-state index is 0.340. The molecule has 3 nitrogen and oxygen atoms in total. The van der Waals surface area contributed by atoms with E-state index in [1.54, 1.807) is 18.2 Å². The van der Waals surface area contributed by atoms with Gasteiger partial charge in [-0.15, -0.1) is 0 Å². The van der Waals surface area contributed by atoms with Gasteiger partial charge in [0.15, 0.2) is 0 Å². The van der Waals surface area contributed by atoms with Gasteiger partial charge >= 0.3 is 0 Å². The predicted octanol–water partition coefficient (Wildman–Crippen LogP) is 2.89. The lowest BCUT2D eigenvalue weighted by Gasteiger charge is -2.17. The van der Waals surface area contributed by atoms with Crippen molar-refractivity contribution >= 4 is 5.69 Å². The van der Waals surface area contributed by atoms with Crippen molar-refractivity contribution in [3.8, 4) is 5.75 Å². The number of benzene rings is 2. The number of para-hydroxylation sites is 1. The first-order chi connectivity index (χ1) is 9.13. The molecule has 3 N–H and O–H groups in total. The van der Waals surface area contributed by atoms with Gasteiger partial charge in [-0.05, 0) is 31.2 Å². The Balaban J connectivity index is 2.43. The summed E-state index contributed by atoms with van der Waals surface area (Å²) in [5.41, 5.74) is 7.04. The molecular formula is C15H16FNO2. The molecule has 0 aliphatic rings. The zero-order valence-electron chi connectivity index (χ0n) is 10.6. The van der Waals surface area contributed by atoms with E-state index in [1.165, 1.54) is 18.2 Å². The van der Waals surface area contributed by atoms with Gasteiger partial charge in [0.1, 0.15) is 17.7 Å². The zero-order chi connectivity index (χ0) is 13.8. The number of halogens is 1. The molecule has 1 unspecified atom stereocenters. The van der Waals surface area contributed by atoms with E-state index >= 15 is 0 Å². The van der Waals surface area contributed by atoms with E-state index in [-0.39, 0.29) is 0 Å². The molecule has 0 aliphatic carbocycles. The van der Waals surface area contributed by atoms with Gasteiger partial charge in [0.05, 0.1) is 6.61 Å². The molecule has 0 saturated heterocycles. The average molecular weight is 261 g/mol. The third-order valence-corrected chi connectivity index (χ3v) is 2.86. The van der Waals surface area contributed by atoms with Crippen molar-refractivity contribution < 1.29 is 14.2 Å². The van der Waals surface area contributed by atoms with Crippen LogP contribution in [0.15, 0.2) is 42.5 Å². The Bertz CT molecular complexity index is 572. The van der Waals surface area contributed by atoms with E-state index in [0.29, 0.717) is 29.2 Å². The molecule has 0 bridgehead atoms. The highest BCUT2D eigenvalue weighted by Crippen LogP contribution is 2.32. The molecule has 0 heterocycles. The van der Waals surface area contributed by atoms with Crippen LogP contribution in [0, 0.1) is 5.82 Å². The molecule has 0 radical (unpaired) electrons. The highest BCUT2D eigenvalue weighted by molar-refractivity contribution is 5.52. The summed E-state index contributed by atoms with van der Waals surface area (Å²) in [4.78, 5) is 0. The van der Waals surface area contributed by atoms with Crippen molar-refractivity contribution in [2.75, 3.05) is 12.3 Å². The fourth-order valence-corrected chi connectivity index (χ4v) is 1.94. The minimum Gasteiger partial charge on any atom is -0.493 e. The Morgan fingerprint density at radius 3 is 2.68 bits per heavy atom. The normalized spacial score (nSPS) is 12.2. The fraction of sp³-hybridized carbons (Fsp3) is 0.200. The molecule has 100 valence electrons. The van der Waals surface area contributed by atoms with Crippen LogP contribution in [0.2, 0.25) is 0 Å². The summed E-state index contributed by atoms with van der Waals surface area (Å²) < 4.78 is 18.7. The van der Waals surface area contributed by atoms with Gasteiger partial charge in [0.2, 0.25) is 0 Å². The quantitative estimate of drug-likeness (QED) is 0.832. The maximum atomic E-state index is 13.3. The summed E-state index contributed by atoms with van der Waals surface area (Å²) >= 11 is 0. The van der Waals surface area contributed by atoms with Crippen LogP contribution in [0.3, 0.4) is 0 Å². The maximum absolute atomic E-state index is 13.3. The third kappa shape index (κ3) is 2.85. The van der Waals surface area contributed by atoms with Gasteiger partial charge in [0, 0.05) is 16.8 Å². The number of hydrogen-bond donors (Lipinski definition) is 2. The largest absolute Gasteiger partial charge is 0.493 e. The van der Waals surface area contributed by atoms with Crippen molar-refractivity contribution in [3.63, 3.8) is 0 Å². The highest BCUT2D eigenvalue weighted by atomic mass is 19.1. The molecule has 2 aromatic rings. The standard InChI is InChI=1S/C15H16FNO2/c1-2-19-14-6-4-3-5-11(14)15(18)12-9-10(16)7-8-13(12)17/h3-9,15,18H,2,17H2,1H3. The number of nitrogen functional groups attached to an aromatic ring is 1. The van der Waals surface area contributed by atoms with Crippen molar-refractivity contribution in [2.45, 2.75) is 13.0 Å². The lowest BCUT2D eigenvalue weighted by atomic mass is 9.99. The number of ether oxygens (including phenoxy) is 1. The van der Waals surface area contributed by atoms with Crippen LogP contribution in [-0.4, -0.2) is 11.7 Å². The van der Waals surface area contributed by atoms with Crippen molar-refractivity contribution in [1.82, 2.24) is 0 Å². The van der Waals surface area contributed by atoms with E-state index in [2.05, 4.69) is 0 Å². The van der Waals surface area contributed by atoms with Crippen LogP contribution < -0.4 is 10.5 Å². The first-order valence-corrected chi connectivity index (χ1v) is 6.08. The molecule has 0 aromatic heterocycles. The van der Waals surface area contributed by atoms with Crippen molar-refractivity contribution in [3.05, 3.63) is 59.4 Å². The molecular weight excluding hydrogens is 245 g/mol. The summed E-state index contributed by atoms with van der Waals surface area (Å²) in [6.07, 6.45) is -1.02. The number of nitrogens with two attached hydrogens (primary N) is 1. The van der Waals surface area contributed by atoms with E-state index in [1.807, 2.05) is 13.0 Å². The van der Waals surface area contributed by atoms with Gasteiger partial charge in [-0.25, -0.2) is 4.39 Å². The van der Waals surface area contributed by atoms with E-state index < -0.39 is 11.9 Å². The number of rotatable bonds is 4. The molecule has 0 amide bonds. The highest BCUT2D eigenvalue weighted by Gasteiger charge is 2.18. The molecule has 1 atom stereocenters. The summed E-state index contributed by atoms with van der Waals surface area (Å²) in [6, 6.07) is 11.0. The zero-order valence-corrected chi connectivity index (χ0v) is 10.6. The average Bonchev–Trinajstić information content (AvgIpc) is 2.42. The fourth-order valence-electron chi connectivity index (χ4n) is 1.94. The molecule has 0 saturated carbocycles. The Morgan fingerprint density at radius 2 is 1.95 bits per heavy atom. The van der Waals surface area contributed by atoms with E-state index in [9.17, 15) is 9.50 Å². The second-order valence-electron chi connectivity index (χ2n) is 4.15. The van der Waals surface area contributed by atoms with E-state index in [0.717, 1.165) is 0 Å². The van der Waals surface area contributed by atoms with Crippen LogP contribution >= 0.6 is 0 Å². The lowest BCUT2D eigenvalue weighted by Crippen LogP contribution is -2.07. The van der Waals surface area contributed by atoms with Gasteiger partial charge < -0.3 is 15.6 Å². The first kappa shape index (κ1) is 13.4. The number of hydrogen-bond acceptors (Lipinski definition) is 3. The monoisotopic (exact) mass is 261 g/mol. The number of aliphatic hydroxyl groups is 1. The van der Waals surface area contributed by atoms with Crippen LogP contribution in [0.5, 0.6) is 5.75 Å². The summed E-state index contributed by atoms with van der Waals surface area (Å²) in [5.74, 6) is 0.137. The first-order valence-electron chi connectivity index (χ1n) is 6.08. The van der Waals surface area contributed by atoms with Crippen LogP contribution in [0.1, 0.15) is 24.2 Å². The molecule has 2 rings (SSSR count). The molecule has 2 aromatic carbocycles. The van der Waals surface area contributed by atoms with Crippen LogP contribution in [0.25, 0.3) is 0 Å². The Hall–Kier alpha value is -2.07. The minimum atomic E-state index is -1.02. The molecule has 19 heavy (non-hydrogen) atoms. The van der Waals surface area contributed by atoms with Gasteiger partial charge in [0.25, 0.3) is 0 Å². The maximum Gasteiger partial charge on any atom is 0.125 e. The third-order valence-electron chi connectivity index (χ3n) is 2.86. The summed E-state index contributed by atoms with van der Waals surface area (Å²) in [7, 11) is 0. The van der Waals surface area contributed by atoms with Crippen molar-refractivity contribution in [2.24, 2.45) is 0 Å². The lowest BCUT2D eigenvalue weighted by molar-refractivity contribution is 0.212. The predicted molar refractivity (Wildman–Crippen MR) is 72.5 cm³/mol. The Morgan fingerprint density at radius 1 is 1.21 bits per heavy atom. The van der Waals surface area contributed by atoms with Crippen molar-refractivity contribution in [1.29, 1.82) is 0 Å². The topological polar surface area (TPSA) is 55.5 Å².